The minimum Gasteiger partial charge on any atom is -0.390 e. The van der Waals surface area contributed by atoms with Crippen LogP contribution in [0.3, 0.4) is 0 Å². The molecule has 2 heterocycles. The first kappa shape index (κ1) is 17.1. The number of aromatic nitrogens is 2. The molecule has 3 rings (SSSR count). The molecule has 1 amide bonds. The first-order valence-corrected chi connectivity index (χ1v) is 8.61. The van der Waals surface area contributed by atoms with Crippen LogP contribution in [0.25, 0.3) is 0 Å². The van der Waals surface area contributed by atoms with E-state index in [-0.39, 0.29) is 29.7 Å². The summed E-state index contributed by atoms with van der Waals surface area (Å²) in [5.41, 5.74) is 0.786. The van der Waals surface area contributed by atoms with Gasteiger partial charge in [0.15, 0.2) is 0 Å². The van der Waals surface area contributed by atoms with E-state index in [9.17, 15) is 19.8 Å². The summed E-state index contributed by atoms with van der Waals surface area (Å²) >= 11 is 0. The van der Waals surface area contributed by atoms with Gasteiger partial charge in [0.05, 0.1) is 18.6 Å². The third-order valence-electron chi connectivity index (χ3n) is 5.40. The summed E-state index contributed by atoms with van der Waals surface area (Å²) in [4.78, 5) is 33.6. The van der Waals surface area contributed by atoms with Crippen LogP contribution in [0, 0.1) is 18.8 Å². The minimum absolute atomic E-state index is 0.0444. The van der Waals surface area contributed by atoms with Gasteiger partial charge in [0.25, 0.3) is 5.56 Å². The Labute approximate surface area is 140 Å². The van der Waals surface area contributed by atoms with E-state index in [1.54, 1.807) is 11.8 Å². The lowest BCUT2D eigenvalue weighted by molar-refractivity contribution is -0.129. The van der Waals surface area contributed by atoms with Crippen LogP contribution in [0.4, 0.5) is 0 Å². The van der Waals surface area contributed by atoms with Crippen LogP contribution in [0.15, 0.2) is 4.79 Å². The molecule has 132 valence electrons. The smallest absolute Gasteiger partial charge is 0.254 e. The molecule has 1 aliphatic carbocycles. The predicted molar refractivity (Wildman–Crippen MR) is 87.5 cm³/mol. The summed E-state index contributed by atoms with van der Waals surface area (Å²) in [5.74, 6) is 0.997. The van der Waals surface area contributed by atoms with E-state index >= 15 is 0 Å². The Morgan fingerprint density at radius 1 is 1.25 bits per heavy atom. The highest BCUT2D eigenvalue weighted by Gasteiger charge is 2.42. The number of fused-ring (bicyclic) bond motifs is 1. The lowest BCUT2D eigenvalue weighted by Gasteiger charge is -2.31. The van der Waals surface area contributed by atoms with Crippen molar-refractivity contribution in [3.05, 3.63) is 27.4 Å². The highest BCUT2D eigenvalue weighted by Crippen LogP contribution is 2.36. The second-order valence-corrected chi connectivity index (χ2v) is 7.03. The number of carbonyl (C=O) groups excluding carboxylic acids is 1. The van der Waals surface area contributed by atoms with Gasteiger partial charge in [-0.2, -0.15) is 0 Å². The average molecular weight is 335 g/mol. The van der Waals surface area contributed by atoms with Crippen molar-refractivity contribution in [3.8, 4) is 0 Å². The van der Waals surface area contributed by atoms with Crippen molar-refractivity contribution >= 4 is 5.91 Å². The van der Waals surface area contributed by atoms with Gasteiger partial charge in [0, 0.05) is 30.8 Å². The topological polar surface area (TPSA) is 107 Å². The maximum absolute atomic E-state index is 12.6. The van der Waals surface area contributed by atoms with Gasteiger partial charge < -0.3 is 20.1 Å². The standard InChI is InChI=1S/C17H25N3O4/c1-3-15-18-9(2)12(17(24)19-15)6-16(23)20-7-10-4-13(21)14(22)5-11(10)8-20/h10-11,13-14,21-22H,3-8H2,1-2H3,(H,18,19,24)/t10-,11+,13+,14-. The molecule has 2 aliphatic rings. The number of amides is 1. The van der Waals surface area contributed by atoms with Crippen LogP contribution in [0.5, 0.6) is 0 Å². The fourth-order valence-corrected chi connectivity index (χ4v) is 3.92. The van der Waals surface area contributed by atoms with Gasteiger partial charge in [-0.25, -0.2) is 4.98 Å². The van der Waals surface area contributed by atoms with Crippen molar-refractivity contribution in [2.24, 2.45) is 11.8 Å². The fraction of sp³-hybridized carbons (Fsp3) is 0.706. The summed E-state index contributed by atoms with van der Waals surface area (Å²) in [6.07, 6.45) is 0.353. The SMILES string of the molecule is CCc1nc(C)c(CC(=O)N2C[C@H]3C[C@H](O)[C@H](O)C[C@H]3C2)c(=O)[nH]1. The zero-order valence-electron chi connectivity index (χ0n) is 14.2. The molecule has 0 unspecified atom stereocenters. The molecule has 0 spiro atoms. The molecular formula is C17H25N3O4. The maximum atomic E-state index is 12.6. The Morgan fingerprint density at radius 2 is 1.83 bits per heavy atom. The number of hydrogen-bond acceptors (Lipinski definition) is 5. The van der Waals surface area contributed by atoms with Crippen molar-refractivity contribution in [2.45, 2.75) is 51.7 Å². The van der Waals surface area contributed by atoms with Crippen molar-refractivity contribution in [2.75, 3.05) is 13.1 Å². The molecule has 24 heavy (non-hydrogen) atoms. The lowest BCUT2D eigenvalue weighted by atomic mass is 9.79. The first-order chi connectivity index (χ1) is 11.4. The van der Waals surface area contributed by atoms with Crippen LogP contribution in [-0.4, -0.2) is 56.3 Å². The molecule has 7 heteroatoms. The number of aliphatic hydroxyl groups is 2. The van der Waals surface area contributed by atoms with Gasteiger partial charge in [-0.3, -0.25) is 9.59 Å². The van der Waals surface area contributed by atoms with Crippen LogP contribution < -0.4 is 5.56 Å². The van der Waals surface area contributed by atoms with E-state index in [2.05, 4.69) is 9.97 Å². The third-order valence-corrected chi connectivity index (χ3v) is 5.40. The zero-order chi connectivity index (χ0) is 17.4. The molecule has 1 saturated heterocycles. The molecular weight excluding hydrogens is 310 g/mol. The zero-order valence-corrected chi connectivity index (χ0v) is 14.2. The van der Waals surface area contributed by atoms with E-state index < -0.39 is 12.2 Å². The van der Waals surface area contributed by atoms with Crippen molar-refractivity contribution in [1.82, 2.24) is 14.9 Å². The van der Waals surface area contributed by atoms with Crippen LogP contribution in [-0.2, 0) is 17.6 Å². The van der Waals surface area contributed by atoms with E-state index in [4.69, 9.17) is 0 Å². The van der Waals surface area contributed by atoms with Crippen LogP contribution in [0.1, 0.15) is 36.8 Å². The quantitative estimate of drug-likeness (QED) is 0.708. The van der Waals surface area contributed by atoms with Crippen molar-refractivity contribution in [1.29, 1.82) is 0 Å². The number of aryl methyl sites for hydroxylation is 2. The molecule has 3 N–H and O–H groups in total. The number of hydrogen-bond donors (Lipinski definition) is 3. The molecule has 2 fully saturated rings. The van der Waals surface area contributed by atoms with E-state index in [0.717, 1.165) is 0 Å². The van der Waals surface area contributed by atoms with Gasteiger partial charge in [-0.1, -0.05) is 6.92 Å². The number of nitrogens with zero attached hydrogens (tertiary/aromatic N) is 2. The highest BCUT2D eigenvalue weighted by molar-refractivity contribution is 5.79. The highest BCUT2D eigenvalue weighted by atomic mass is 16.3. The summed E-state index contributed by atoms with van der Waals surface area (Å²) in [6.45, 7) is 4.85. The Bertz CT molecular complexity index is 669. The molecule has 0 radical (unpaired) electrons. The molecule has 1 saturated carbocycles. The number of aromatic amines is 1. The maximum Gasteiger partial charge on any atom is 0.254 e. The normalized spacial score (nSPS) is 29.6. The van der Waals surface area contributed by atoms with Gasteiger partial charge in [0.2, 0.25) is 5.91 Å². The van der Waals surface area contributed by atoms with Crippen molar-refractivity contribution < 1.29 is 15.0 Å². The van der Waals surface area contributed by atoms with E-state index in [1.807, 2.05) is 6.92 Å². The molecule has 0 bridgehead atoms. The van der Waals surface area contributed by atoms with Gasteiger partial charge >= 0.3 is 0 Å². The number of likely N-dealkylation sites (tertiary alicyclic amines) is 1. The number of nitrogens with one attached hydrogen (secondary N) is 1. The largest absolute Gasteiger partial charge is 0.390 e. The molecule has 1 aliphatic heterocycles. The average Bonchev–Trinajstić information content (AvgIpc) is 2.93. The Morgan fingerprint density at radius 3 is 2.33 bits per heavy atom. The van der Waals surface area contributed by atoms with E-state index in [1.165, 1.54) is 0 Å². The molecule has 7 nitrogen and oxygen atoms in total. The number of aliphatic hydroxyl groups excluding tert-OH is 2. The van der Waals surface area contributed by atoms with Gasteiger partial charge in [0.1, 0.15) is 5.82 Å². The summed E-state index contributed by atoms with van der Waals surface area (Å²) in [7, 11) is 0. The summed E-state index contributed by atoms with van der Waals surface area (Å²) in [6, 6.07) is 0. The molecule has 1 aromatic rings. The second-order valence-electron chi connectivity index (χ2n) is 7.03. The summed E-state index contributed by atoms with van der Waals surface area (Å²) in [5, 5.41) is 19.6. The number of carbonyl (C=O) groups is 1. The predicted octanol–water partition coefficient (Wildman–Crippen LogP) is -0.227. The van der Waals surface area contributed by atoms with Gasteiger partial charge in [-0.05, 0) is 31.6 Å². The Kier molecular flexibility index (Phi) is 4.73. The molecule has 1 aromatic heterocycles. The Hall–Kier alpha value is -1.73. The fourth-order valence-electron chi connectivity index (χ4n) is 3.92. The van der Waals surface area contributed by atoms with E-state index in [0.29, 0.717) is 49.4 Å². The van der Waals surface area contributed by atoms with Crippen LogP contribution in [0.2, 0.25) is 0 Å². The van der Waals surface area contributed by atoms with Crippen molar-refractivity contribution in [3.63, 3.8) is 0 Å². The van der Waals surface area contributed by atoms with Gasteiger partial charge in [-0.15, -0.1) is 0 Å². The monoisotopic (exact) mass is 335 g/mol. The van der Waals surface area contributed by atoms with Crippen LogP contribution >= 0.6 is 0 Å². The second kappa shape index (κ2) is 6.64. The molecule has 4 atom stereocenters. The third kappa shape index (κ3) is 3.23. The number of H-pyrrole nitrogens is 1. The summed E-state index contributed by atoms with van der Waals surface area (Å²) < 4.78 is 0. The first-order valence-electron chi connectivity index (χ1n) is 8.61. The number of rotatable bonds is 3. The Balaban J connectivity index is 1.70. The minimum atomic E-state index is -0.697. The molecule has 0 aromatic carbocycles. The lowest BCUT2D eigenvalue weighted by Crippen LogP contribution is -2.38.